The van der Waals surface area contributed by atoms with Gasteiger partial charge in [0.05, 0.1) is 19.8 Å². The molecule has 25 heavy (non-hydrogen) atoms. The summed E-state index contributed by atoms with van der Waals surface area (Å²) in [6, 6.07) is 14.4. The number of aliphatic hydroxyl groups excluding tert-OH is 1. The van der Waals surface area contributed by atoms with Gasteiger partial charge in [-0.2, -0.15) is 0 Å². The first-order chi connectivity index (χ1) is 12.1. The fraction of sp³-hybridized carbons (Fsp3) is 0.316. The second kappa shape index (κ2) is 9.66. The number of carbonyl (C=O) groups excluding carboxylic acids is 1. The molecule has 0 radical (unpaired) electrons. The molecule has 6 nitrogen and oxygen atoms in total. The first-order valence-electron chi connectivity index (χ1n) is 7.95. The molecule has 0 spiro atoms. The second-order valence-corrected chi connectivity index (χ2v) is 5.47. The Balaban J connectivity index is 1.75. The highest BCUT2D eigenvalue weighted by molar-refractivity contribution is 5.89. The van der Waals surface area contributed by atoms with Crippen molar-refractivity contribution in [3.05, 3.63) is 59.7 Å². The van der Waals surface area contributed by atoms with Crippen molar-refractivity contribution < 1.29 is 24.1 Å². The largest absolute Gasteiger partial charge is 0.497 e. The summed E-state index contributed by atoms with van der Waals surface area (Å²) in [6.45, 7) is 1.12. The van der Waals surface area contributed by atoms with Gasteiger partial charge in [0.25, 0.3) is 0 Å². The molecule has 0 aliphatic rings. The van der Waals surface area contributed by atoms with E-state index in [0.29, 0.717) is 24.4 Å². The minimum atomic E-state index is -0.674. The monoisotopic (exact) mass is 345 g/mol. The molecule has 0 fully saturated rings. The third kappa shape index (κ3) is 6.10. The second-order valence-electron chi connectivity index (χ2n) is 5.47. The van der Waals surface area contributed by atoms with Crippen LogP contribution in [0.4, 0.5) is 0 Å². The Hall–Kier alpha value is -2.57. The van der Waals surface area contributed by atoms with Gasteiger partial charge < -0.3 is 24.6 Å². The summed E-state index contributed by atoms with van der Waals surface area (Å²) in [7, 11) is 2.95. The van der Waals surface area contributed by atoms with Crippen LogP contribution in [-0.2, 0) is 11.3 Å². The van der Waals surface area contributed by atoms with E-state index in [2.05, 4.69) is 10.1 Å². The zero-order valence-corrected chi connectivity index (χ0v) is 14.4. The number of rotatable bonds is 9. The molecule has 1 atom stereocenters. The summed E-state index contributed by atoms with van der Waals surface area (Å²) in [4.78, 5) is 11.5. The van der Waals surface area contributed by atoms with Crippen molar-refractivity contribution in [1.82, 2.24) is 5.32 Å². The van der Waals surface area contributed by atoms with E-state index in [1.54, 1.807) is 31.4 Å². The van der Waals surface area contributed by atoms with Crippen molar-refractivity contribution in [3.8, 4) is 11.5 Å². The minimum Gasteiger partial charge on any atom is -0.497 e. The van der Waals surface area contributed by atoms with Crippen LogP contribution in [0.3, 0.4) is 0 Å². The molecule has 0 saturated carbocycles. The average molecular weight is 345 g/mol. The van der Waals surface area contributed by atoms with Crippen molar-refractivity contribution in [2.75, 3.05) is 27.4 Å². The van der Waals surface area contributed by atoms with Gasteiger partial charge in [-0.3, -0.25) is 0 Å². The summed E-state index contributed by atoms with van der Waals surface area (Å²) < 4.78 is 15.4. The van der Waals surface area contributed by atoms with Crippen molar-refractivity contribution in [2.45, 2.75) is 12.6 Å². The number of carbonyl (C=O) groups is 1. The van der Waals surface area contributed by atoms with Gasteiger partial charge >= 0.3 is 5.97 Å². The van der Waals surface area contributed by atoms with Gasteiger partial charge in [-0.15, -0.1) is 0 Å². The van der Waals surface area contributed by atoms with Crippen LogP contribution in [0.15, 0.2) is 48.5 Å². The molecule has 2 aromatic rings. The fourth-order valence-corrected chi connectivity index (χ4v) is 2.25. The molecule has 0 aliphatic carbocycles. The first kappa shape index (κ1) is 18.8. The zero-order valence-electron chi connectivity index (χ0n) is 14.4. The van der Waals surface area contributed by atoms with E-state index in [-0.39, 0.29) is 6.61 Å². The Morgan fingerprint density at radius 2 is 1.88 bits per heavy atom. The molecule has 2 aromatic carbocycles. The highest BCUT2D eigenvalue weighted by Crippen LogP contribution is 2.14. The lowest BCUT2D eigenvalue weighted by atomic mass is 10.2. The Labute approximate surface area is 147 Å². The fourth-order valence-electron chi connectivity index (χ4n) is 2.25. The maximum atomic E-state index is 11.5. The number of nitrogens with one attached hydrogen (secondary N) is 1. The van der Waals surface area contributed by atoms with Crippen LogP contribution >= 0.6 is 0 Å². The summed E-state index contributed by atoms with van der Waals surface area (Å²) in [5, 5.41) is 13.2. The standard InChI is InChI=1S/C19H23NO5/c1-23-17-7-3-5-14(9-17)11-20-12-16(21)13-25-18-8-4-6-15(10-18)19(22)24-2/h3-10,16,20-21H,11-13H2,1-2H3/t16-/m0/s1. The van der Waals surface area contributed by atoms with Crippen molar-refractivity contribution >= 4 is 5.97 Å². The highest BCUT2D eigenvalue weighted by atomic mass is 16.5. The van der Waals surface area contributed by atoms with Crippen molar-refractivity contribution in [1.29, 1.82) is 0 Å². The average Bonchev–Trinajstić information content (AvgIpc) is 2.66. The first-order valence-corrected chi connectivity index (χ1v) is 7.95. The van der Waals surface area contributed by atoms with Crippen molar-refractivity contribution in [2.24, 2.45) is 0 Å². The quantitative estimate of drug-likeness (QED) is 0.677. The van der Waals surface area contributed by atoms with Gasteiger partial charge in [0, 0.05) is 13.1 Å². The molecule has 134 valence electrons. The van der Waals surface area contributed by atoms with Gasteiger partial charge in [0.15, 0.2) is 0 Å². The Bertz CT molecular complexity index is 689. The number of aliphatic hydroxyl groups is 1. The number of esters is 1. The molecule has 2 N–H and O–H groups in total. The maximum absolute atomic E-state index is 11.5. The van der Waals surface area contributed by atoms with E-state index in [1.807, 2.05) is 24.3 Å². The van der Waals surface area contributed by atoms with Crippen LogP contribution < -0.4 is 14.8 Å². The molecule has 0 aromatic heterocycles. The molecule has 0 bridgehead atoms. The molecule has 0 amide bonds. The minimum absolute atomic E-state index is 0.121. The highest BCUT2D eigenvalue weighted by Gasteiger charge is 2.08. The molecule has 0 saturated heterocycles. The Morgan fingerprint density at radius 1 is 1.12 bits per heavy atom. The van der Waals surface area contributed by atoms with Crippen LogP contribution in [0.1, 0.15) is 15.9 Å². The number of benzene rings is 2. The maximum Gasteiger partial charge on any atom is 0.337 e. The lowest BCUT2D eigenvalue weighted by molar-refractivity contribution is 0.0600. The number of hydrogen-bond acceptors (Lipinski definition) is 6. The number of hydrogen-bond donors (Lipinski definition) is 2. The predicted molar refractivity (Wildman–Crippen MR) is 94.0 cm³/mol. The lowest BCUT2D eigenvalue weighted by Gasteiger charge is -2.14. The molecular formula is C19H23NO5. The van der Waals surface area contributed by atoms with Crippen LogP contribution in [0.5, 0.6) is 11.5 Å². The van der Waals surface area contributed by atoms with Crippen molar-refractivity contribution in [3.63, 3.8) is 0 Å². The van der Waals surface area contributed by atoms with Gasteiger partial charge in [0.1, 0.15) is 24.2 Å². The molecule has 0 aliphatic heterocycles. The normalized spacial score (nSPS) is 11.6. The van der Waals surface area contributed by atoms with Gasteiger partial charge in [-0.25, -0.2) is 4.79 Å². The summed E-state index contributed by atoms with van der Waals surface area (Å²) in [5.41, 5.74) is 1.48. The topological polar surface area (TPSA) is 77.0 Å². The molecule has 2 rings (SSSR count). The predicted octanol–water partition coefficient (Wildman–Crippen LogP) is 2.01. The van der Waals surface area contributed by atoms with Gasteiger partial charge in [0.2, 0.25) is 0 Å². The SMILES string of the molecule is COC(=O)c1cccc(OC[C@@H](O)CNCc2cccc(OC)c2)c1. The van der Waals surface area contributed by atoms with E-state index < -0.39 is 12.1 Å². The number of ether oxygens (including phenoxy) is 3. The van der Waals surface area contributed by atoms with E-state index in [4.69, 9.17) is 9.47 Å². The summed E-state index contributed by atoms with van der Waals surface area (Å²) >= 11 is 0. The molecule has 0 heterocycles. The van der Waals surface area contributed by atoms with Gasteiger partial charge in [-0.1, -0.05) is 18.2 Å². The zero-order chi connectivity index (χ0) is 18.1. The van der Waals surface area contributed by atoms with E-state index in [1.165, 1.54) is 7.11 Å². The molecule has 0 unspecified atom stereocenters. The summed E-state index contributed by atoms with van der Waals surface area (Å²) in [6.07, 6.45) is -0.674. The Kier molecular flexibility index (Phi) is 7.25. The van der Waals surface area contributed by atoms with E-state index in [9.17, 15) is 9.90 Å². The van der Waals surface area contributed by atoms with Crippen LogP contribution in [-0.4, -0.2) is 44.6 Å². The molecular weight excluding hydrogens is 322 g/mol. The smallest absolute Gasteiger partial charge is 0.337 e. The van der Waals surface area contributed by atoms with Crippen LogP contribution in [0, 0.1) is 0 Å². The molecule has 6 heteroatoms. The number of methoxy groups -OCH3 is 2. The van der Waals surface area contributed by atoms with E-state index in [0.717, 1.165) is 11.3 Å². The van der Waals surface area contributed by atoms with Crippen LogP contribution in [0.2, 0.25) is 0 Å². The van der Waals surface area contributed by atoms with Gasteiger partial charge in [-0.05, 0) is 35.9 Å². The third-order valence-corrected chi connectivity index (χ3v) is 3.54. The summed E-state index contributed by atoms with van der Waals surface area (Å²) in [5.74, 6) is 0.884. The Morgan fingerprint density at radius 3 is 2.64 bits per heavy atom. The lowest BCUT2D eigenvalue weighted by Crippen LogP contribution is -2.31. The van der Waals surface area contributed by atoms with Crippen LogP contribution in [0.25, 0.3) is 0 Å². The third-order valence-electron chi connectivity index (χ3n) is 3.54. The van der Waals surface area contributed by atoms with E-state index >= 15 is 0 Å².